The standard InChI is InChI=1S/C14H29NO/c1-4-7-12(8-5-2)14(15-6-3)13-9-10-16-11-13/h12-15H,4-11H2,1-3H3. The molecule has 0 saturated carbocycles. The summed E-state index contributed by atoms with van der Waals surface area (Å²) in [5, 5.41) is 3.71. The Hall–Kier alpha value is -0.0800. The first kappa shape index (κ1) is 14.0. The zero-order chi connectivity index (χ0) is 11.8. The van der Waals surface area contributed by atoms with E-state index in [4.69, 9.17) is 4.74 Å². The van der Waals surface area contributed by atoms with Crippen molar-refractivity contribution in [2.45, 2.75) is 58.9 Å². The quantitative estimate of drug-likeness (QED) is 0.687. The summed E-state index contributed by atoms with van der Waals surface area (Å²) in [6, 6.07) is 0.687. The van der Waals surface area contributed by atoms with Gasteiger partial charge in [-0.25, -0.2) is 0 Å². The van der Waals surface area contributed by atoms with Crippen LogP contribution in [0.1, 0.15) is 52.9 Å². The molecule has 16 heavy (non-hydrogen) atoms. The van der Waals surface area contributed by atoms with Gasteiger partial charge >= 0.3 is 0 Å². The van der Waals surface area contributed by atoms with Crippen molar-refractivity contribution >= 4 is 0 Å². The molecule has 0 aliphatic carbocycles. The molecule has 2 atom stereocenters. The van der Waals surface area contributed by atoms with E-state index < -0.39 is 0 Å². The molecular formula is C14H29NO. The Balaban J connectivity index is 2.55. The number of rotatable bonds is 8. The zero-order valence-corrected chi connectivity index (χ0v) is 11.3. The van der Waals surface area contributed by atoms with Gasteiger partial charge in [0.1, 0.15) is 0 Å². The van der Waals surface area contributed by atoms with Crippen LogP contribution in [0.2, 0.25) is 0 Å². The fourth-order valence-electron chi connectivity index (χ4n) is 3.03. The van der Waals surface area contributed by atoms with Gasteiger partial charge in [-0.3, -0.25) is 0 Å². The summed E-state index contributed by atoms with van der Waals surface area (Å²) in [5.74, 6) is 1.60. The maximum atomic E-state index is 5.55. The van der Waals surface area contributed by atoms with Crippen LogP contribution in [0.3, 0.4) is 0 Å². The van der Waals surface area contributed by atoms with Crippen LogP contribution in [0.4, 0.5) is 0 Å². The van der Waals surface area contributed by atoms with Crippen molar-refractivity contribution in [3.8, 4) is 0 Å². The molecular weight excluding hydrogens is 198 g/mol. The zero-order valence-electron chi connectivity index (χ0n) is 11.3. The minimum atomic E-state index is 0.687. The molecule has 2 heteroatoms. The average Bonchev–Trinajstić information content (AvgIpc) is 2.79. The molecule has 1 fully saturated rings. The summed E-state index contributed by atoms with van der Waals surface area (Å²) in [6.45, 7) is 9.86. The number of hydrogen-bond acceptors (Lipinski definition) is 2. The highest BCUT2D eigenvalue weighted by Gasteiger charge is 2.30. The second kappa shape index (κ2) is 8.08. The monoisotopic (exact) mass is 227 g/mol. The second-order valence-corrected chi connectivity index (χ2v) is 5.04. The first-order valence-corrected chi connectivity index (χ1v) is 7.14. The van der Waals surface area contributed by atoms with Gasteiger partial charge in [0, 0.05) is 18.6 Å². The van der Waals surface area contributed by atoms with Crippen molar-refractivity contribution in [3.63, 3.8) is 0 Å². The van der Waals surface area contributed by atoms with E-state index in [0.29, 0.717) is 6.04 Å². The van der Waals surface area contributed by atoms with Crippen molar-refractivity contribution in [2.24, 2.45) is 11.8 Å². The summed E-state index contributed by atoms with van der Waals surface area (Å²) < 4.78 is 5.55. The largest absolute Gasteiger partial charge is 0.381 e. The molecule has 0 amide bonds. The molecule has 0 radical (unpaired) electrons. The molecule has 0 aromatic rings. The molecule has 0 aromatic carbocycles. The first-order valence-electron chi connectivity index (χ1n) is 7.14. The van der Waals surface area contributed by atoms with Gasteiger partial charge in [-0.05, 0) is 31.7 Å². The van der Waals surface area contributed by atoms with E-state index in [1.165, 1.54) is 32.1 Å². The molecule has 1 aliphatic heterocycles. The van der Waals surface area contributed by atoms with E-state index in [0.717, 1.165) is 31.6 Å². The van der Waals surface area contributed by atoms with Crippen LogP contribution < -0.4 is 5.32 Å². The van der Waals surface area contributed by atoms with Gasteiger partial charge in [0.15, 0.2) is 0 Å². The van der Waals surface area contributed by atoms with Crippen molar-refractivity contribution < 1.29 is 4.74 Å². The van der Waals surface area contributed by atoms with Gasteiger partial charge in [-0.2, -0.15) is 0 Å². The van der Waals surface area contributed by atoms with Gasteiger partial charge in [0.05, 0.1) is 6.61 Å². The highest BCUT2D eigenvalue weighted by molar-refractivity contribution is 4.84. The Labute approximate surface area is 101 Å². The highest BCUT2D eigenvalue weighted by atomic mass is 16.5. The third-order valence-electron chi connectivity index (χ3n) is 3.74. The van der Waals surface area contributed by atoms with E-state index in [1.807, 2.05) is 0 Å². The van der Waals surface area contributed by atoms with Crippen molar-refractivity contribution in [1.29, 1.82) is 0 Å². The lowest BCUT2D eigenvalue weighted by Gasteiger charge is -2.31. The molecule has 1 saturated heterocycles. The Bertz CT molecular complexity index is 160. The maximum absolute atomic E-state index is 5.55. The molecule has 2 nitrogen and oxygen atoms in total. The van der Waals surface area contributed by atoms with E-state index in [-0.39, 0.29) is 0 Å². The van der Waals surface area contributed by atoms with Gasteiger partial charge in [-0.15, -0.1) is 0 Å². The summed E-state index contributed by atoms with van der Waals surface area (Å²) in [6.07, 6.45) is 6.59. The average molecular weight is 227 g/mol. The second-order valence-electron chi connectivity index (χ2n) is 5.04. The van der Waals surface area contributed by atoms with Gasteiger partial charge in [0.2, 0.25) is 0 Å². The summed E-state index contributed by atoms with van der Waals surface area (Å²) >= 11 is 0. The van der Waals surface area contributed by atoms with Gasteiger partial charge in [0.25, 0.3) is 0 Å². The van der Waals surface area contributed by atoms with E-state index in [1.54, 1.807) is 0 Å². The lowest BCUT2D eigenvalue weighted by molar-refractivity contribution is 0.160. The SMILES string of the molecule is CCCC(CCC)C(NCC)C1CCOC1. The molecule has 96 valence electrons. The van der Waals surface area contributed by atoms with Crippen LogP contribution in [0.5, 0.6) is 0 Å². The Morgan fingerprint density at radius 1 is 1.19 bits per heavy atom. The van der Waals surface area contributed by atoms with E-state index in [9.17, 15) is 0 Å². The minimum Gasteiger partial charge on any atom is -0.381 e. The van der Waals surface area contributed by atoms with Crippen LogP contribution in [-0.2, 0) is 4.74 Å². The maximum Gasteiger partial charge on any atom is 0.0510 e. The highest BCUT2D eigenvalue weighted by Crippen LogP contribution is 2.27. The van der Waals surface area contributed by atoms with Crippen molar-refractivity contribution in [1.82, 2.24) is 5.32 Å². The van der Waals surface area contributed by atoms with E-state index in [2.05, 4.69) is 26.1 Å². The lowest BCUT2D eigenvalue weighted by atomic mass is 9.82. The van der Waals surface area contributed by atoms with Crippen LogP contribution >= 0.6 is 0 Å². The summed E-state index contributed by atoms with van der Waals surface area (Å²) in [5.41, 5.74) is 0. The fraction of sp³-hybridized carbons (Fsp3) is 1.00. The normalized spacial score (nSPS) is 22.9. The summed E-state index contributed by atoms with van der Waals surface area (Å²) in [7, 11) is 0. The van der Waals surface area contributed by atoms with E-state index >= 15 is 0 Å². The van der Waals surface area contributed by atoms with Crippen LogP contribution in [0.15, 0.2) is 0 Å². The Kier molecular flexibility index (Phi) is 7.06. The van der Waals surface area contributed by atoms with Crippen LogP contribution in [0, 0.1) is 11.8 Å². The number of ether oxygens (including phenoxy) is 1. The van der Waals surface area contributed by atoms with Crippen molar-refractivity contribution in [3.05, 3.63) is 0 Å². The smallest absolute Gasteiger partial charge is 0.0510 e. The Morgan fingerprint density at radius 2 is 1.88 bits per heavy atom. The first-order chi connectivity index (χ1) is 7.83. The predicted octanol–water partition coefficient (Wildman–Crippen LogP) is 3.22. The third-order valence-corrected chi connectivity index (χ3v) is 3.74. The molecule has 1 rings (SSSR count). The molecule has 2 unspecified atom stereocenters. The number of hydrogen-bond donors (Lipinski definition) is 1. The molecule has 0 spiro atoms. The predicted molar refractivity (Wildman–Crippen MR) is 69.7 cm³/mol. The third kappa shape index (κ3) is 4.06. The molecule has 1 heterocycles. The number of nitrogens with one attached hydrogen (secondary N) is 1. The minimum absolute atomic E-state index is 0.687. The van der Waals surface area contributed by atoms with Gasteiger partial charge < -0.3 is 10.1 Å². The Morgan fingerprint density at radius 3 is 2.31 bits per heavy atom. The summed E-state index contributed by atoms with van der Waals surface area (Å²) in [4.78, 5) is 0. The molecule has 0 aromatic heterocycles. The van der Waals surface area contributed by atoms with Crippen LogP contribution in [-0.4, -0.2) is 25.8 Å². The van der Waals surface area contributed by atoms with Crippen LogP contribution in [0.25, 0.3) is 0 Å². The van der Waals surface area contributed by atoms with Crippen molar-refractivity contribution in [2.75, 3.05) is 19.8 Å². The van der Waals surface area contributed by atoms with Gasteiger partial charge in [-0.1, -0.05) is 33.6 Å². The lowest BCUT2D eigenvalue weighted by Crippen LogP contribution is -2.42. The molecule has 1 aliphatic rings. The topological polar surface area (TPSA) is 21.3 Å². The molecule has 0 bridgehead atoms. The fourth-order valence-corrected chi connectivity index (χ4v) is 3.03. The molecule has 1 N–H and O–H groups in total.